The summed E-state index contributed by atoms with van der Waals surface area (Å²) < 4.78 is 13.9. The molecule has 0 radical (unpaired) electrons. The maximum absolute atomic E-state index is 13.9. The van der Waals surface area contributed by atoms with Crippen LogP contribution in [0.2, 0.25) is 0 Å². The SMILES string of the molecule is CC(=O)c1cccc(NC(=O)CN2CCN(c3ccccc3F)C2=O)c1. The number of urea groups is 1. The molecule has 0 atom stereocenters. The Morgan fingerprint density at radius 1 is 1.12 bits per heavy atom. The van der Waals surface area contributed by atoms with Gasteiger partial charge in [-0.1, -0.05) is 24.3 Å². The van der Waals surface area contributed by atoms with E-state index < -0.39 is 11.8 Å². The second-order valence-electron chi connectivity index (χ2n) is 5.99. The molecule has 1 N–H and O–H groups in total. The molecule has 3 amide bonds. The van der Waals surface area contributed by atoms with Crippen molar-refractivity contribution in [3.8, 4) is 0 Å². The first-order valence-corrected chi connectivity index (χ1v) is 8.17. The number of carbonyl (C=O) groups excluding carboxylic acids is 3. The lowest BCUT2D eigenvalue weighted by Gasteiger charge is -2.19. The zero-order chi connectivity index (χ0) is 18.7. The first-order chi connectivity index (χ1) is 12.5. The Hall–Kier alpha value is -3.22. The standard InChI is InChI=1S/C19H18FN3O3/c1-13(24)14-5-4-6-15(11-14)21-18(25)12-22-9-10-23(19(22)26)17-8-3-2-7-16(17)20/h2-8,11H,9-10,12H2,1H3,(H,21,25). The van der Waals surface area contributed by atoms with Gasteiger partial charge in [-0.25, -0.2) is 9.18 Å². The number of nitrogens with zero attached hydrogens (tertiary/aromatic N) is 2. The number of hydrogen-bond donors (Lipinski definition) is 1. The molecule has 6 nitrogen and oxygen atoms in total. The number of rotatable bonds is 5. The smallest absolute Gasteiger partial charge is 0.325 e. The molecule has 3 rings (SSSR count). The van der Waals surface area contributed by atoms with Crippen LogP contribution in [-0.2, 0) is 4.79 Å². The number of Topliss-reactive ketones (excluding diaryl/α,β-unsaturated/α-hetero) is 1. The molecule has 7 heteroatoms. The van der Waals surface area contributed by atoms with Crippen LogP contribution in [0.25, 0.3) is 0 Å². The third kappa shape index (κ3) is 3.72. The Bertz CT molecular complexity index is 869. The van der Waals surface area contributed by atoms with Gasteiger partial charge < -0.3 is 10.2 Å². The van der Waals surface area contributed by atoms with E-state index in [0.717, 1.165) is 0 Å². The van der Waals surface area contributed by atoms with Crippen LogP contribution >= 0.6 is 0 Å². The van der Waals surface area contributed by atoms with Crippen LogP contribution in [0.4, 0.5) is 20.6 Å². The summed E-state index contributed by atoms with van der Waals surface area (Å²) in [6, 6.07) is 12.2. The van der Waals surface area contributed by atoms with Crippen LogP contribution in [0, 0.1) is 5.82 Å². The fraction of sp³-hybridized carbons (Fsp3) is 0.211. The Labute approximate surface area is 150 Å². The van der Waals surface area contributed by atoms with Gasteiger partial charge >= 0.3 is 6.03 Å². The maximum atomic E-state index is 13.9. The molecule has 0 aliphatic carbocycles. The predicted molar refractivity (Wildman–Crippen MR) is 95.8 cm³/mol. The van der Waals surface area contributed by atoms with Gasteiger partial charge in [-0.15, -0.1) is 0 Å². The molecule has 26 heavy (non-hydrogen) atoms. The van der Waals surface area contributed by atoms with E-state index in [-0.39, 0.29) is 23.9 Å². The number of anilines is 2. The quantitative estimate of drug-likeness (QED) is 0.839. The average Bonchev–Trinajstić information content (AvgIpc) is 2.96. The molecule has 0 spiro atoms. The number of benzene rings is 2. The first-order valence-electron chi connectivity index (χ1n) is 8.17. The Kier molecular flexibility index (Phi) is 4.97. The molecule has 1 heterocycles. The summed E-state index contributed by atoms with van der Waals surface area (Å²) >= 11 is 0. The first kappa shape index (κ1) is 17.6. The molecule has 134 valence electrons. The van der Waals surface area contributed by atoms with Gasteiger partial charge in [0.1, 0.15) is 12.4 Å². The minimum Gasteiger partial charge on any atom is -0.325 e. The molecule has 1 aliphatic rings. The number of ketones is 1. The zero-order valence-electron chi connectivity index (χ0n) is 14.2. The van der Waals surface area contributed by atoms with Crippen molar-refractivity contribution in [2.45, 2.75) is 6.92 Å². The monoisotopic (exact) mass is 355 g/mol. The minimum absolute atomic E-state index is 0.101. The third-order valence-electron chi connectivity index (χ3n) is 4.13. The fourth-order valence-corrected chi connectivity index (χ4v) is 2.81. The molecule has 0 unspecified atom stereocenters. The zero-order valence-corrected chi connectivity index (χ0v) is 14.2. The number of carbonyl (C=O) groups is 3. The summed E-state index contributed by atoms with van der Waals surface area (Å²) in [6.07, 6.45) is 0. The van der Waals surface area contributed by atoms with Crippen molar-refractivity contribution in [3.63, 3.8) is 0 Å². The van der Waals surface area contributed by atoms with E-state index in [9.17, 15) is 18.8 Å². The predicted octanol–water partition coefficient (Wildman–Crippen LogP) is 2.91. The normalized spacial score (nSPS) is 13.8. The highest BCUT2D eigenvalue weighted by atomic mass is 19.1. The molecular formula is C19H18FN3O3. The number of hydrogen-bond acceptors (Lipinski definition) is 3. The largest absolute Gasteiger partial charge is 0.325 e. The average molecular weight is 355 g/mol. The van der Waals surface area contributed by atoms with E-state index in [1.807, 2.05) is 0 Å². The number of amides is 3. The summed E-state index contributed by atoms with van der Waals surface area (Å²) in [4.78, 5) is 38.8. The van der Waals surface area contributed by atoms with Crippen molar-refractivity contribution in [3.05, 3.63) is 59.9 Å². The highest BCUT2D eigenvalue weighted by Crippen LogP contribution is 2.23. The highest BCUT2D eigenvalue weighted by Gasteiger charge is 2.32. The minimum atomic E-state index is -0.479. The molecule has 2 aromatic carbocycles. The van der Waals surface area contributed by atoms with Gasteiger partial charge in [0.25, 0.3) is 0 Å². The van der Waals surface area contributed by atoms with E-state index in [4.69, 9.17) is 0 Å². The lowest BCUT2D eigenvalue weighted by molar-refractivity contribution is -0.116. The topological polar surface area (TPSA) is 69.7 Å². The second-order valence-corrected chi connectivity index (χ2v) is 5.99. The Morgan fingerprint density at radius 3 is 2.62 bits per heavy atom. The van der Waals surface area contributed by atoms with Gasteiger partial charge in [0.05, 0.1) is 5.69 Å². The second kappa shape index (κ2) is 7.35. The highest BCUT2D eigenvalue weighted by molar-refractivity contribution is 6.00. The van der Waals surface area contributed by atoms with Crippen molar-refractivity contribution >= 4 is 29.1 Å². The van der Waals surface area contributed by atoms with Gasteiger partial charge in [0.15, 0.2) is 5.78 Å². The molecule has 1 saturated heterocycles. The molecule has 0 aromatic heterocycles. The molecule has 1 aliphatic heterocycles. The molecule has 0 bridgehead atoms. The van der Waals surface area contributed by atoms with Crippen molar-refractivity contribution in [1.29, 1.82) is 0 Å². The van der Waals surface area contributed by atoms with Crippen LogP contribution in [0.15, 0.2) is 48.5 Å². The van der Waals surface area contributed by atoms with Crippen molar-refractivity contribution in [2.24, 2.45) is 0 Å². The van der Waals surface area contributed by atoms with Crippen LogP contribution in [0.5, 0.6) is 0 Å². The summed E-state index contributed by atoms with van der Waals surface area (Å²) in [7, 11) is 0. The van der Waals surface area contributed by atoms with Crippen molar-refractivity contribution in [2.75, 3.05) is 29.9 Å². The summed E-state index contributed by atoms with van der Waals surface area (Å²) in [5.41, 5.74) is 1.18. The number of para-hydroxylation sites is 1. The molecule has 1 fully saturated rings. The Balaban J connectivity index is 1.64. The summed E-state index contributed by atoms with van der Waals surface area (Å²) in [5, 5.41) is 2.67. The Morgan fingerprint density at radius 2 is 1.88 bits per heavy atom. The van der Waals surface area contributed by atoms with E-state index in [0.29, 0.717) is 24.3 Å². The van der Waals surface area contributed by atoms with Crippen molar-refractivity contribution < 1.29 is 18.8 Å². The maximum Gasteiger partial charge on any atom is 0.325 e. The van der Waals surface area contributed by atoms with Crippen LogP contribution in [0.3, 0.4) is 0 Å². The van der Waals surface area contributed by atoms with Gasteiger partial charge in [-0.3, -0.25) is 14.5 Å². The number of nitrogens with one attached hydrogen (secondary N) is 1. The lowest BCUT2D eigenvalue weighted by atomic mass is 10.1. The lowest BCUT2D eigenvalue weighted by Crippen LogP contribution is -2.37. The summed E-state index contributed by atoms with van der Waals surface area (Å²) in [6.45, 7) is 1.94. The molecular weight excluding hydrogens is 337 g/mol. The van der Waals surface area contributed by atoms with Crippen LogP contribution < -0.4 is 10.2 Å². The van der Waals surface area contributed by atoms with E-state index in [2.05, 4.69) is 5.32 Å². The number of halogens is 1. The van der Waals surface area contributed by atoms with Crippen LogP contribution in [0.1, 0.15) is 17.3 Å². The molecule has 2 aromatic rings. The van der Waals surface area contributed by atoms with E-state index in [1.165, 1.54) is 28.9 Å². The van der Waals surface area contributed by atoms with Gasteiger partial charge in [0, 0.05) is 24.3 Å². The van der Waals surface area contributed by atoms with Gasteiger partial charge in [-0.05, 0) is 31.2 Å². The van der Waals surface area contributed by atoms with E-state index in [1.54, 1.807) is 36.4 Å². The fourth-order valence-electron chi connectivity index (χ4n) is 2.81. The van der Waals surface area contributed by atoms with Gasteiger partial charge in [-0.2, -0.15) is 0 Å². The molecule has 0 saturated carbocycles. The summed E-state index contributed by atoms with van der Waals surface area (Å²) in [5.74, 6) is -0.959. The third-order valence-corrected chi connectivity index (χ3v) is 4.13. The van der Waals surface area contributed by atoms with Crippen LogP contribution in [-0.4, -0.2) is 42.3 Å². The van der Waals surface area contributed by atoms with Crippen molar-refractivity contribution in [1.82, 2.24) is 4.90 Å². The van der Waals surface area contributed by atoms with Gasteiger partial charge in [0.2, 0.25) is 5.91 Å². The van der Waals surface area contributed by atoms with E-state index >= 15 is 0 Å².